The monoisotopic (exact) mass is 282 g/mol. The van der Waals surface area contributed by atoms with Crippen LogP contribution in [0.15, 0.2) is 48.5 Å². The van der Waals surface area contributed by atoms with E-state index in [1.165, 1.54) is 0 Å². The average molecular weight is 282 g/mol. The highest BCUT2D eigenvalue weighted by Crippen LogP contribution is 2.19. The summed E-state index contributed by atoms with van der Waals surface area (Å²) >= 11 is 0. The van der Waals surface area contributed by atoms with Gasteiger partial charge in [0.25, 0.3) is 5.91 Å². The largest absolute Gasteiger partial charge is 0.319 e. The van der Waals surface area contributed by atoms with Gasteiger partial charge >= 0.3 is 0 Å². The van der Waals surface area contributed by atoms with Gasteiger partial charge in [0.15, 0.2) is 0 Å². The quantitative estimate of drug-likeness (QED) is 0.914. The van der Waals surface area contributed by atoms with Gasteiger partial charge in [-0.2, -0.15) is 0 Å². The van der Waals surface area contributed by atoms with Gasteiger partial charge in [0.1, 0.15) is 0 Å². The molecule has 0 saturated carbocycles. The van der Waals surface area contributed by atoms with Crippen LogP contribution in [-0.4, -0.2) is 26.5 Å². The van der Waals surface area contributed by atoms with Crippen molar-refractivity contribution in [3.63, 3.8) is 0 Å². The molecule has 0 aliphatic carbocycles. The SMILES string of the molecule is CNCCc1ccccc1C(=O)N(C)c1cccc(C)c1. The summed E-state index contributed by atoms with van der Waals surface area (Å²) in [5, 5.41) is 3.13. The fourth-order valence-corrected chi connectivity index (χ4v) is 2.34. The number of aryl methyl sites for hydroxylation is 1. The average Bonchev–Trinajstić information content (AvgIpc) is 2.51. The number of hydrogen-bond acceptors (Lipinski definition) is 2. The number of nitrogens with one attached hydrogen (secondary N) is 1. The third kappa shape index (κ3) is 3.70. The van der Waals surface area contributed by atoms with Crippen LogP contribution in [0.4, 0.5) is 5.69 Å². The summed E-state index contributed by atoms with van der Waals surface area (Å²) in [6, 6.07) is 15.8. The first kappa shape index (κ1) is 15.3. The molecule has 0 spiro atoms. The fraction of sp³-hybridized carbons (Fsp3) is 0.278. The normalized spacial score (nSPS) is 10.4. The highest BCUT2D eigenvalue weighted by molar-refractivity contribution is 6.06. The van der Waals surface area contributed by atoms with Crippen molar-refractivity contribution in [2.75, 3.05) is 25.5 Å². The number of nitrogens with zero attached hydrogens (tertiary/aromatic N) is 1. The minimum absolute atomic E-state index is 0.0345. The van der Waals surface area contributed by atoms with Crippen molar-refractivity contribution in [2.24, 2.45) is 0 Å². The number of amides is 1. The molecule has 2 rings (SSSR count). The minimum Gasteiger partial charge on any atom is -0.319 e. The topological polar surface area (TPSA) is 32.3 Å². The Morgan fingerprint density at radius 2 is 1.90 bits per heavy atom. The highest BCUT2D eigenvalue weighted by Gasteiger charge is 2.16. The van der Waals surface area contributed by atoms with Gasteiger partial charge in [-0.3, -0.25) is 4.79 Å². The van der Waals surface area contributed by atoms with Gasteiger partial charge < -0.3 is 10.2 Å². The van der Waals surface area contributed by atoms with E-state index in [0.717, 1.165) is 35.3 Å². The van der Waals surface area contributed by atoms with Crippen molar-refractivity contribution < 1.29 is 4.79 Å². The zero-order valence-corrected chi connectivity index (χ0v) is 12.9. The van der Waals surface area contributed by atoms with Crippen LogP contribution >= 0.6 is 0 Å². The second kappa shape index (κ2) is 7.04. The summed E-state index contributed by atoms with van der Waals surface area (Å²) in [5.41, 5.74) is 3.92. The van der Waals surface area contributed by atoms with Crippen LogP contribution in [0.2, 0.25) is 0 Å². The van der Waals surface area contributed by atoms with Crippen LogP contribution in [0.1, 0.15) is 21.5 Å². The first-order valence-electron chi connectivity index (χ1n) is 7.20. The van der Waals surface area contributed by atoms with Gasteiger partial charge in [0.05, 0.1) is 0 Å². The van der Waals surface area contributed by atoms with Crippen molar-refractivity contribution in [3.8, 4) is 0 Å². The van der Waals surface area contributed by atoms with Gasteiger partial charge in [0, 0.05) is 18.3 Å². The van der Waals surface area contributed by atoms with E-state index < -0.39 is 0 Å². The number of likely N-dealkylation sites (N-methyl/N-ethyl adjacent to an activating group) is 1. The number of anilines is 1. The van der Waals surface area contributed by atoms with Crippen LogP contribution in [0.3, 0.4) is 0 Å². The Kier molecular flexibility index (Phi) is 5.12. The molecule has 0 aliphatic rings. The van der Waals surface area contributed by atoms with Crippen molar-refractivity contribution in [1.29, 1.82) is 0 Å². The molecular weight excluding hydrogens is 260 g/mol. The summed E-state index contributed by atoms with van der Waals surface area (Å²) in [5.74, 6) is 0.0345. The third-order valence-electron chi connectivity index (χ3n) is 3.59. The fourth-order valence-electron chi connectivity index (χ4n) is 2.34. The summed E-state index contributed by atoms with van der Waals surface area (Å²) in [6.45, 7) is 2.89. The number of carbonyl (C=O) groups excluding carboxylic acids is 1. The van der Waals surface area contributed by atoms with Crippen LogP contribution < -0.4 is 10.2 Å². The molecule has 0 radical (unpaired) electrons. The molecule has 0 fully saturated rings. The van der Waals surface area contributed by atoms with Crippen molar-refractivity contribution >= 4 is 11.6 Å². The van der Waals surface area contributed by atoms with E-state index in [2.05, 4.69) is 5.32 Å². The Bertz CT molecular complexity index is 622. The van der Waals surface area contributed by atoms with Crippen LogP contribution in [0, 0.1) is 6.92 Å². The summed E-state index contributed by atoms with van der Waals surface area (Å²) < 4.78 is 0. The lowest BCUT2D eigenvalue weighted by atomic mass is 10.0. The number of carbonyl (C=O) groups is 1. The smallest absolute Gasteiger partial charge is 0.258 e. The first-order valence-corrected chi connectivity index (χ1v) is 7.20. The van der Waals surface area contributed by atoms with Crippen molar-refractivity contribution in [3.05, 3.63) is 65.2 Å². The van der Waals surface area contributed by atoms with E-state index in [9.17, 15) is 4.79 Å². The molecule has 2 aromatic carbocycles. The molecule has 1 N–H and O–H groups in total. The second-order valence-electron chi connectivity index (χ2n) is 5.21. The Hall–Kier alpha value is -2.13. The van der Waals surface area contributed by atoms with E-state index in [-0.39, 0.29) is 5.91 Å². The van der Waals surface area contributed by atoms with E-state index in [4.69, 9.17) is 0 Å². The van der Waals surface area contributed by atoms with Crippen LogP contribution in [0.5, 0.6) is 0 Å². The lowest BCUT2D eigenvalue weighted by Crippen LogP contribution is -2.27. The molecule has 0 unspecified atom stereocenters. The van der Waals surface area contributed by atoms with Crippen molar-refractivity contribution in [1.82, 2.24) is 5.32 Å². The van der Waals surface area contributed by atoms with E-state index in [0.29, 0.717) is 0 Å². The summed E-state index contributed by atoms with van der Waals surface area (Å²) in [6.07, 6.45) is 0.847. The maximum Gasteiger partial charge on any atom is 0.258 e. The Balaban J connectivity index is 2.27. The lowest BCUT2D eigenvalue weighted by molar-refractivity contribution is 0.0992. The zero-order valence-electron chi connectivity index (χ0n) is 12.9. The highest BCUT2D eigenvalue weighted by atomic mass is 16.2. The molecule has 0 saturated heterocycles. The Morgan fingerprint density at radius 3 is 2.62 bits per heavy atom. The van der Waals surface area contributed by atoms with E-state index >= 15 is 0 Å². The van der Waals surface area contributed by atoms with E-state index in [1.807, 2.05) is 69.6 Å². The molecule has 0 atom stereocenters. The number of hydrogen-bond donors (Lipinski definition) is 1. The second-order valence-corrected chi connectivity index (χ2v) is 5.21. The van der Waals surface area contributed by atoms with Gasteiger partial charge in [-0.1, -0.05) is 30.3 Å². The molecule has 110 valence electrons. The van der Waals surface area contributed by atoms with Gasteiger partial charge in [-0.15, -0.1) is 0 Å². The molecule has 2 aromatic rings. The minimum atomic E-state index is 0.0345. The molecular formula is C18H22N2O. The molecule has 3 nitrogen and oxygen atoms in total. The molecule has 3 heteroatoms. The zero-order chi connectivity index (χ0) is 15.2. The maximum absolute atomic E-state index is 12.7. The number of rotatable bonds is 5. The molecule has 0 aliphatic heterocycles. The molecule has 0 aromatic heterocycles. The molecule has 0 heterocycles. The van der Waals surface area contributed by atoms with Crippen molar-refractivity contribution in [2.45, 2.75) is 13.3 Å². The summed E-state index contributed by atoms with van der Waals surface area (Å²) in [4.78, 5) is 14.5. The molecule has 1 amide bonds. The van der Waals surface area contributed by atoms with Gasteiger partial charge in [-0.05, 0) is 56.3 Å². The molecule has 21 heavy (non-hydrogen) atoms. The Labute approximate surface area is 126 Å². The standard InChI is InChI=1S/C18H22N2O/c1-14-7-6-9-16(13-14)20(3)18(21)17-10-5-4-8-15(17)11-12-19-2/h4-10,13,19H,11-12H2,1-3H3. The first-order chi connectivity index (χ1) is 10.1. The lowest BCUT2D eigenvalue weighted by Gasteiger charge is -2.19. The van der Waals surface area contributed by atoms with E-state index in [1.54, 1.807) is 4.90 Å². The predicted molar refractivity (Wildman–Crippen MR) is 88.0 cm³/mol. The summed E-state index contributed by atoms with van der Waals surface area (Å²) in [7, 11) is 3.75. The van der Waals surface area contributed by atoms with Gasteiger partial charge in [0.2, 0.25) is 0 Å². The van der Waals surface area contributed by atoms with Crippen LogP contribution in [-0.2, 0) is 6.42 Å². The third-order valence-corrected chi connectivity index (χ3v) is 3.59. The van der Waals surface area contributed by atoms with Gasteiger partial charge in [-0.25, -0.2) is 0 Å². The predicted octanol–water partition coefficient (Wildman–Crippen LogP) is 3.03. The molecule has 0 bridgehead atoms. The number of benzene rings is 2. The Morgan fingerprint density at radius 1 is 1.14 bits per heavy atom. The maximum atomic E-state index is 12.7. The van der Waals surface area contributed by atoms with Crippen LogP contribution in [0.25, 0.3) is 0 Å².